The number of amides is 2. The van der Waals surface area contributed by atoms with E-state index in [-0.39, 0.29) is 0 Å². The molecule has 0 aliphatic heterocycles. The van der Waals surface area contributed by atoms with Gasteiger partial charge in [-0.05, 0) is 41.5 Å². The minimum absolute atomic E-state index is 0.292. The molecule has 0 spiro atoms. The Hall–Kier alpha value is -3.16. The molecule has 154 valence electrons. The van der Waals surface area contributed by atoms with E-state index in [4.69, 9.17) is 9.47 Å². The van der Waals surface area contributed by atoms with Crippen LogP contribution in [0.3, 0.4) is 0 Å². The van der Waals surface area contributed by atoms with Crippen molar-refractivity contribution in [3.8, 4) is 16.9 Å². The van der Waals surface area contributed by atoms with E-state index in [0.29, 0.717) is 30.1 Å². The Morgan fingerprint density at radius 1 is 0.833 bits per heavy atom. The van der Waals surface area contributed by atoms with Crippen LogP contribution in [0, 0.1) is 0 Å². The number of carbonyl (C=O) groups is 2. The summed E-state index contributed by atoms with van der Waals surface area (Å²) in [5.74, 6) is -0.507. The molecule has 0 saturated heterocycles. The van der Waals surface area contributed by atoms with Crippen LogP contribution >= 0.6 is 15.9 Å². The van der Waals surface area contributed by atoms with Crippen LogP contribution in [0.2, 0.25) is 0 Å². The van der Waals surface area contributed by atoms with Gasteiger partial charge >= 0.3 is 0 Å². The van der Waals surface area contributed by atoms with Crippen LogP contribution in [0.25, 0.3) is 11.1 Å². The van der Waals surface area contributed by atoms with Gasteiger partial charge < -0.3 is 9.47 Å². The topological polar surface area (TPSA) is 76.7 Å². The zero-order valence-electron chi connectivity index (χ0n) is 16.4. The Kier molecular flexibility index (Phi) is 7.59. The molecule has 0 aliphatic rings. The molecular formula is C23H21BrN2O4. The first-order chi connectivity index (χ1) is 14.6. The van der Waals surface area contributed by atoms with Crippen molar-refractivity contribution in [2.75, 3.05) is 20.3 Å². The molecule has 0 unspecified atom stereocenters. The number of nitrogens with one attached hydrogen (secondary N) is 2. The molecule has 0 atom stereocenters. The average molecular weight is 469 g/mol. The first kappa shape index (κ1) is 21.5. The number of ether oxygens (including phenoxy) is 2. The third-order valence-electron chi connectivity index (χ3n) is 4.28. The van der Waals surface area contributed by atoms with Crippen molar-refractivity contribution in [1.82, 2.24) is 10.9 Å². The summed E-state index contributed by atoms with van der Waals surface area (Å²) in [6, 6.07) is 22.1. The van der Waals surface area contributed by atoms with E-state index in [1.165, 1.54) is 0 Å². The zero-order valence-corrected chi connectivity index (χ0v) is 17.9. The van der Waals surface area contributed by atoms with E-state index in [0.717, 1.165) is 15.6 Å². The maximum absolute atomic E-state index is 12.6. The number of hydrogen-bond acceptors (Lipinski definition) is 4. The molecule has 3 aromatic carbocycles. The zero-order chi connectivity index (χ0) is 21.3. The van der Waals surface area contributed by atoms with Crippen LogP contribution in [0.1, 0.15) is 20.7 Å². The Morgan fingerprint density at radius 3 is 2.20 bits per heavy atom. The summed E-state index contributed by atoms with van der Waals surface area (Å²) in [6.07, 6.45) is 0. The van der Waals surface area contributed by atoms with Crippen molar-refractivity contribution >= 4 is 27.7 Å². The van der Waals surface area contributed by atoms with E-state index >= 15 is 0 Å². The molecule has 0 radical (unpaired) electrons. The van der Waals surface area contributed by atoms with Crippen LogP contribution in [0.4, 0.5) is 0 Å². The van der Waals surface area contributed by atoms with Gasteiger partial charge in [-0.25, -0.2) is 0 Å². The van der Waals surface area contributed by atoms with Gasteiger partial charge in [-0.2, -0.15) is 0 Å². The van der Waals surface area contributed by atoms with Gasteiger partial charge in [-0.3, -0.25) is 20.4 Å². The maximum atomic E-state index is 12.6. The van der Waals surface area contributed by atoms with Gasteiger partial charge in [0, 0.05) is 17.1 Å². The molecular weight excluding hydrogens is 448 g/mol. The first-order valence-corrected chi connectivity index (χ1v) is 10.1. The highest BCUT2D eigenvalue weighted by Gasteiger charge is 2.15. The second kappa shape index (κ2) is 10.6. The molecule has 2 N–H and O–H groups in total. The van der Waals surface area contributed by atoms with Gasteiger partial charge in [0.25, 0.3) is 11.8 Å². The molecule has 7 heteroatoms. The molecule has 3 aromatic rings. The molecule has 3 rings (SSSR count). The smallest absolute Gasteiger partial charge is 0.273 e. The average Bonchev–Trinajstić information content (AvgIpc) is 2.79. The van der Waals surface area contributed by atoms with E-state index in [1.54, 1.807) is 37.4 Å². The van der Waals surface area contributed by atoms with Crippen molar-refractivity contribution in [3.63, 3.8) is 0 Å². The fraction of sp³-hybridized carbons (Fsp3) is 0.130. The summed E-state index contributed by atoms with van der Waals surface area (Å²) in [5, 5.41) is 0. The number of methoxy groups -OCH3 is 1. The standard InChI is InChI=1S/C23H21BrN2O4/c1-29-13-14-30-21-12-11-19(24)15-20(21)23(28)26-25-22(27)18-9-7-17(8-10-18)16-5-3-2-4-6-16/h2-12,15H,13-14H2,1H3,(H,25,27)(H,26,28). The second-order valence-electron chi connectivity index (χ2n) is 6.33. The predicted octanol–water partition coefficient (Wildman–Crippen LogP) is 4.22. The maximum Gasteiger partial charge on any atom is 0.273 e. The van der Waals surface area contributed by atoms with E-state index in [1.807, 2.05) is 42.5 Å². The molecule has 0 heterocycles. The van der Waals surface area contributed by atoms with Crippen molar-refractivity contribution in [2.45, 2.75) is 0 Å². The second-order valence-corrected chi connectivity index (χ2v) is 7.25. The highest BCUT2D eigenvalue weighted by atomic mass is 79.9. The number of carbonyl (C=O) groups excluding carboxylic acids is 2. The largest absolute Gasteiger partial charge is 0.490 e. The molecule has 30 heavy (non-hydrogen) atoms. The van der Waals surface area contributed by atoms with Crippen molar-refractivity contribution in [2.24, 2.45) is 0 Å². The third-order valence-corrected chi connectivity index (χ3v) is 4.77. The SMILES string of the molecule is COCCOc1ccc(Br)cc1C(=O)NNC(=O)c1ccc(-c2ccccc2)cc1. The number of benzene rings is 3. The minimum Gasteiger partial charge on any atom is -0.490 e. The van der Waals surface area contributed by atoms with Gasteiger partial charge in [-0.15, -0.1) is 0 Å². The molecule has 0 aliphatic carbocycles. The lowest BCUT2D eigenvalue weighted by molar-refractivity contribution is 0.0842. The van der Waals surface area contributed by atoms with Crippen LogP contribution in [0.5, 0.6) is 5.75 Å². The number of halogens is 1. The Bertz CT molecular complexity index is 1010. The lowest BCUT2D eigenvalue weighted by Gasteiger charge is -2.13. The molecule has 0 aromatic heterocycles. The highest BCUT2D eigenvalue weighted by molar-refractivity contribution is 9.10. The Balaban J connectivity index is 1.63. The van der Waals surface area contributed by atoms with E-state index in [2.05, 4.69) is 26.8 Å². The molecule has 2 amide bonds. The van der Waals surface area contributed by atoms with Gasteiger partial charge in [0.05, 0.1) is 12.2 Å². The summed E-state index contributed by atoms with van der Waals surface area (Å²) in [4.78, 5) is 25.0. The van der Waals surface area contributed by atoms with E-state index in [9.17, 15) is 9.59 Å². The van der Waals surface area contributed by atoms with Crippen molar-refractivity contribution in [3.05, 3.63) is 88.4 Å². The van der Waals surface area contributed by atoms with Crippen molar-refractivity contribution < 1.29 is 19.1 Å². The monoisotopic (exact) mass is 468 g/mol. The first-order valence-electron chi connectivity index (χ1n) is 9.26. The van der Waals surface area contributed by atoms with Crippen LogP contribution in [-0.2, 0) is 4.74 Å². The fourth-order valence-corrected chi connectivity index (χ4v) is 3.10. The number of rotatable bonds is 7. The fourth-order valence-electron chi connectivity index (χ4n) is 2.74. The van der Waals surface area contributed by atoms with Gasteiger partial charge in [0.1, 0.15) is 12.4 Å². The predicted molar refractivity (Wildman–Crippen MR) is 118 cm³/mol. The summed E-state index contributed by atoms with van der Waals surface area (Å²) >= 11 is 3.34. The lowest BCUT2D eigenvalue weighted by Crippen LogP contribution is -2.41. The highest BCUT2D eigenvalue weighted by Crippen LogP contribution is 2.23. The summed E-state index contributed by atoms with van der Waals surface area (Å²) in [6.45, 7) is 0.700. The Morgan fingerprint density at radius 2 is 1.50 bits per heavy atom. The van der Waals surface area contributed by atoms with Gasteiger partial charge in [0.2, 0.25) is 0 Å². The van der Waals surface area contributed by atoms with E-state index < -0.39 is 11.8 Å². The van der Waals surface area contributed by atoms with Gasteiger partial charge in [-0.1, -0.05) is 58.4 Å². The van der Waals surface area contributed by atoms with Gasteiger partial charge in [0.15, 0.2) is 0 Å². The van der Waals surface area contributed by atoms with Crippen LogP contribution in [0.15, 0.2) is 77.3 Å². The molecule has 0 saturated carbocycles. The number of hydrogen-bond donors (Lipinski definition) is 2. The lowest BCUT2D eigenvalue weighted by atomic mass is 10.0. The summed E-state index contributed by atoms with van der Waals surface area (Å²) in [7, 11) is 1.57. The normalized spacial score (nSPS) is 10.3. The van der Waals surface area contributed by atoms with Crippen LogP contribution in [-0.4, -0.2) is 32.1 Å². The molecule has 0 fully saturated rings. The molecule has 6 nitrogen and oxygen atoms in total. The summed E-state index contributed by atoms with van der Waals surface area (Å²) < 4.78 is 11.3. The quantitative estimate of drug-likeness (QED) is 0.402. The minimum atomic E-state index is -0.488. The summed E-state index contributed by atoms with van der Waals surface area (Å²) in [5.41, 5.74) is 7.66. The third kappa shape index (κ3) is 5.68. The van der Waals surface area contributed by atoms with Crippen molar-refractivity contribution in [1.29, 1.82) is 0 Å². The molecule has 0 bridgehead atoms. The number of hydrazine groups is 1. The van der Waals surface area contributed by atoms with Crippen LogP contribution < -0.4 is 15.6 Å². The Labute approximate surface area is 183 Å².